The van der Waals surface area contributed by atoms with E-state index in [1.807, 2.05) is 49.4 Å². The Kier molecular flexibility index (Phi) is 7.50. The first-order valence-corrected chi connectivity index (χ1v) is 13.8. The molecule has 1 heterocycles. The summed E-state index contributed by atoms with van der Waals surface area (Å²) >= 11 is 0. The Morgan fingerprint density at radius 1 is 1.08 bits per heavy atom. The van der Waals surface area contributed by atoms with Crippen LogP contribution < -0.4 is 19.1 Å². The monoisotopic (exact) mass is 522 g/mol. The summed E-state index contributed by atoms with van der Waals surface area (Å²) in [6.07, 6.45) is -0.996. The number of rotatable bonds is 7. The van der Waals surface area contributed by atoms with Gasteiger partial charge in [-0.15, -0.1) is 0 Å². The van der Waals surface area contributed by atoms with Crippen molar-refractivity contribution in [2.24, 2.45) is 0 Å². The Bertz CT molecular complexity index is 1350. The Labute approximate surface area is 219 Å². The third kappa shape index (κ3) is 5.74. The Hall–Kier alpha value is -3.52. The zero-order chi connectivity index (χ0) is 26.8. The van der Waals surface area contributed by atoms with Gasteiger partial charge in [-0.3, -0.25) is 9.10 Å². The van der Waals surface area contributed by atoms with Crippen LogP contribution in [0.2, 0.25) is 0 Å². The predicted octanol–water partition coefficient (Wildman–Crippen LogP) is 4.87. The molecule has 196 valence electrons. The first-order valence-electron chi connectivity index (χ1n) is 12.3. The van der Waals surface area contributed by atoms with Crippen LogP contribution in [-0.4, -0.2) is 40.6 Å². The van der Waals surface area contributed by atoms with E-state index < -0.39 is 16.1 Å². The van der Waals surface area contributed by atoms with E-state index in [1.54, 1.807) is 18.2 Å². The zero-order valence-electron chi connectivity index (χ0n) is 21.9. The summed E-state index contributed by atoms with van der Waals surface area (Å²) in [4.78, 5) is 13.3. The van der Waals surface area contributed by atoms with Crippen molar-refractivity contribution in [3.8, 4) is 11.5 Å². The number of hydrogen-bond donors (Lipinski definition) is 1. The number of amides is 1. The fourth-order valence-electron chi connectivity index (χ4n) is 4.22. The van der Waals surface area contributed by atoms with E-state index >= 15 is 0 Å². The van der Waals surface area contributed by atoms with Gasteiger partial charge in [0.1, 0.15) is 11.5 Å². The molecular weight excluding hydrogens is 488 g/mol. The van der Waals surface area contributed by atoms with E-state index in [0.29, 0.717) is 23.7 Å². The molecule has 1 aliphatic heterocycles. The standard InChI is InChI=1S/C29H34N2O5S/c1-20(21-9-7-6-8-10-21)18-30-28(32)27-19-31(37(33,34)24-14-12-23(35-5)13-15-24)25-17-22(29(2,3)4)11-16-26(25)36-27/h6-17,20,27H,18-19H2,1-5H3,(H,30,32). The molecule has 37 heavy (non-hydrogen) atoms. The van der Waals surface area contributed by atoms with Crippen LogP contribution in [-0.2, 0) is 20.2 Å². The molecule has 0 saturated heterocycles. The summed E-state index contributed by atoms with van der Waals surface area (Å²) in [7, 11) is -2.46. The van der Waals surface area contributed by atoms with Crippen LogP contribution in [0.4, 0.5) is 5.69 Å². The number of benzene rings is 3. The molecule has 1 amide bonds. The van der Waals surface area contributed by atoms with Crippen LogP contribution in [0.25, 0.3) is 0 Å². The van der Waals surface area contributed by atoms with Gasteiger partial charge in [0, 0.05) is 6.54 Å². The number of carbonyl (C=O) groups excluding carboxylic acids is 1. The fourth-order valence-corrected chi connectivity index (χ4v) is 5.69. The molecule has 0 saturated carbocycles. The lowest BCUT2D eigenvalue weighted by atomic mass is 9.86. The van der Waals surface area contributed by atoms with Gasteiger partial charge >= 0.3 is 0 Å². The summed E-state index contributed by atoms with van der Waals surface area (Å²) in [6, 6.07) is 21.6. The largest absolute Gasteiger partial charge is 0.497 e. The van der Waals surface area contributed by atoms with Gasteiger partial charge < -0.3 is 14.8 Å². The van der Waals surface area contributed by atoms with Gasteiger partial charge in [-0.2, -0.15) is 0 Å². The summed E-state index contributed by atoms with van der Waals surface area (Å²) < 4.78 is 40.2. The highest BCUT2D eigenvalue weighted by Gasteiger charge is 2.38. The van der Waals surface area contributed by atoms with Gasteiger partial charge in [-0.1, -0.05) is 64.1 Å². The Morgan fingerprint density at radius 2 is 1.76 bits per heavy atom. The van der Waals surface area contributed by atoms with Gasteiger partial charge in [0.15, 0.2) is 6.10 Å². The van der Waals surface area contributed by atoms with Crippen molar-refractivity contribution in [1.29, 1.82) is 0 Å². The van der Waals surface area contributed by atoms with Crippen LogP contribution in [0.5, 0.6) is 11.5 Å². The van der Waals surface area contributed by atoms with Crippen LogP contribution in [0.1, 0.15) is 44.7 Å². The van der Waals surface area contributed by atoms with Crippen molar-refractivity contribution >= 4 is 21.6 Å². The zero-order valence-corrected chi connectivity index (χ0v) is 22.7. The molecule has 1 aliphatic rings. The second-order valence-electron chi connectivity index (χ2n) is 10.3. The second-order valence-corrected chi connectivity index (χ2v) is 12.2. The van der Waals surface area contributed by atoms with Crippen molar-refractivity contribution < 1.29 is 22.7 Å². The maximum Gasteiger partial charge on any atom is 0.264 e. The molecule has 0 fully saturated rings. The lowest BCUT2D eigenvalue weighted by Gasteiger charge is -2.36. The number of carbonyl (C=O) groups is 1. The lowest BCUT2D eigenvalue weighted by Crippen LogP contribution is -2.51. The molecule has 0 aliphatic carbocycles. The molecule has 0 spiro atoms. The highest BCUT2D eigenvalue weighted by Crippen LogP contribution is 2.40. The third-order valence-electron chi connectivity index (χ3n) is 6.59. The predicted molar refractivity (Wildman–Crippen MR) is 145 cm³/mol. The summed E-state index contributed by atoms with van der Waals surface area (Å²) in [6.45, 7) is 8.48. The van der Waals surface area contributed by atoms with E-state index in [1.165, 1.54) is 23.5 Å². The molecule has 3 aromatic carbocycles. The van der Waals surface area contributed by atoms with Crippen molar-refractivity contribution in [3.05, 3.63) is 83.9 Å². The quantitative estimate of drug-likeness (QED) is 0.479. The fraction of sp³-hybridized carbons (Fsp3) is 0.345. The lowest BCUT2D eigenvalue weighted by molar-refractivity contribution is -0.127. The van der Waals surface area contributed by atoms with Gasteiger partial charge in [0.2, 0.25) is 0 Å². The smallest absolute Gasteiger partial charge is 0.264 e. The second kappa shape index (κ2) is 10.5. The Morgan fingerprint density at radius 3 is 2.38 bits per heavy atom. The minimum Gasteiger partial charge on any atom is -0.497 e. The van der Waals surface area contributed by atoms with Crippen molar-refractivity contribution in [1.82, 2.24) is 5.32 Å². The third-order valence-corrected chi connectivity index (χ3v) is 8.38. The molecule has 0 aromatic heterocycles. The average molecular weight is 523 g/mol. The number of hydrogen-bond acceptors (Lipinski definition) is 5. The van der Waals surface area contributed by atoms with Crippen LogP contribution in [0, 0.1) is 0 Å². The normalized spacial score (nSPS) is 16.4. The minimum absolute atomic E-state index is 0.0921. The number of nitrogens with one attached hydrogen (secondary N) is 1. The molecule has 7 nitrogen and oxygen atoms in total. The minimum atomic E-state index is -3.99. The van der Waals surface area contributed by atoms with Gasteiger partial charge in [-0.05, 0) is 58.9 Å². The van der Waals surface area contributed by atoms with E-state index in [9.17, 15) is 13.2 Å². The maximum absolute atomic E-state index is 13.8. The van der Waals surface area contributed by atoms with E-state index in [-0.39, 0.29) is 28.7 Å². The summed E-state index contributed by atoms with van der Waals surface area (Å²) in [5.41, 5.74) is 2.29. The number of sulfonamides is 1. The summed E-state index contributed by atoms with van der Waals surface area (Å²) in [5, 5.41) is 2.94. The highest BCUT2D eigenvalue weighted by atomic mass is 32.2. The molecule has 2 atom stereocenters. The molecule has 2 unspecified atom stereocenters. The molecule has 4 rings (SSSR count). The van der Waals surface area contributed by atoms with E-state index in [0.717, 1.165) is 11.1 Å². The molecule has 3 aromatic rings. The molecule has 0 bridgehead atoms. The van der Waals surface area contributed by atoms with Crippen molar-refractivity contribution in [2.75, 3.05) is 24.5 Å². The van der Waals surface area contributed by atoms with Gasteiger partial charge in [-0.25, -0.2) is 8.42 Å². The van der Waals surface area contributed by atoms with Crippen molar-refractivity contribution in [2.45, 2.75) is 50.0 Å². The Balaban J connectivity index is 1.64. The van der Waals surface area contributed by atoms with Crippen molar-refractivity contribution in [3.63, 3.8) is 0 Å². The SMILES string of the molecule is COc1ccc(S(=O)(=O)N2CC(C(=O)NCC(C)c3ccccc3)Oc3ccc(C(C)(C)C)cc32)cc1. The molecule has 8 heteroatoms. The van der Waals surface area contributed by atoms with E-state index in [4.69, 9.17) is 9.47 Å². The number of methoxy groups -OCH3 is 1. The van der Waals surface area contributed by atoms with Crippen LogP contribution in [0.15, 0.2) is 77.7 Å². The average Bonchev–Trinajstić information content (AvgIpc) is 2.90. The number of ether oxygens (including phenoxy) is 2. The van der Waals surface area contributed by atoms with Crippen LogP contribution in [0.3, 0.4) is 0 Å². The van der Waals surface area contributed by atoms with Gasteiger partial charge in [0.25, 0.3) is 15.9 Å². The molecular formula is C29H34N2O5S. The first-order chi connectivity index (χ1) is 17.5. The van der Waals surface area contributed by atoms with E-state index in [2.05, 4.69) is 26.1 Å². The number of anilines is 1. The summed E-state index contributed by atoms with van der Waals surface area (Å²) in [5.74, 6) is 0.645. The molecule has 1 N–H and O–H groups in total. The van der Waals surface area contributed by atoms with Gasteiger partial charge in [0.05, 0.1) is 24.2 Å². The maximum atomic E-state index is 13.8. The topological polar surface area (TPSA) is 84.9 Å². The van der Waals surface area contributed by atoms with Crippen LogP contribution >= 0.6 is 0 Å². The highest BCUT2D eigenvalue weighted by molar-refractivity contribution is 7.92. The molecule has 0 radical (unpaired) electrons. The first kappa shape index (κ1) is 26.5. The number of nitrogens with zero attached hydrogens (tertiary/aromatic N) is 1. The number of fused-ring (bicyclic) bond motifs is 1.